The second-order valence-corrected chi connectivity index (χ2v) is 7.39. The SMILES string of the molecule is CN=C(NCc1ccc2c(c1)CCCN2C)NC1CCN(CC(F)(F)F)C1.I. The van der Waals surface area contributed by atoms with E-state index in [0.717, 1.165) is 13.0 Å². The minimum atomic E-state index is -4.14. The summed E-state index contributed by atoms with van der Waals surface area (Å²) in [5, 5.41) is 6.52. The molecule has 1 unspecified atom stereocenters. The highest BCUT2D eigenvalue weighted by molar-refractivity contribution is 14.0. The molecule has 2 heterocycles. The van der Waals surface area contributed by atoms with E-state index >= 15 is 0 Å². The molecule has 9 heteroatoms. The van der Waals surface area contributed by atoms with E-state index in [4.69, 9.17) is 0 Å². The largest absolute Gasteiger partial charge is 0.401 e. The molecule has 0 radical (unpaired) electrons. The first kappa shape index (κ1) is 23.1. The molecule has 2 aliphatic rings. The van der Waals surface area contributed by atoms with Crippen LogP contribution in [0.4, 0.5) is 18.9 Å². The second kappa shape index (κ2) is 10.00. The summed E-state index contributed by atoms with van der Waals surface area (Å²) in [6, 6.07) is 6.48. The van der Waals surface area contributed by atoms with Crippen molar-refractivity contribution in [2.75, 3.05) is 45.2 Å². The van der Waals surface area contributed by atoms with Gasteiger partial charge in [0.1, 0.15) is 0 Å². The zero-order valence-electron chi connectivity index (χ0n) is 16.4. The first-order valence-electron chi connectivity index (χ1n) is 9.43. The maximum absolute atomic E-state index is 12.5. The van der Waals surface area contributed by atoms with Gasteiger partial charge in [0, 0.05) is 52.0 Å². The highest BCUT2D eigenvalue weighted by Gasteiger charge is 2.34. The molecule has 0 aromatic heterocycles. The maximum Gasteiger partial charge on any atom is 0.401 e. The van der Waals surface area contributed by atoms with Gasteiger partial charge in [-0.15, -0.1) is 24.0 Å². The van der Waals surface area contributed by atoms with Gasteiger partial charge in [0.15, 0.2) is 5.96 Å². The van der Waals surface area contributed by atoms with E-state index < -0.39 is 12.7 Å². The number of guanidine groups is 1. The molecule has 0 amide bonds. The van der Waals surface area contributed by atoms with Crippen molar-refractivity contribution in [3.8, 4) is 0 Å². The van der Waals surface area contributed by atoms with E-state index in [9.17, 15) is 13.2 Å². The minimum Gasteiger partial charge on any atom is -0.374 e. The van der Waals surface area contributed by atoms with Crippen LogP contribution < -0.4 is 15.5 Å². The van der Waals surface area contributed by atoms with Crippen LogP contribution in [0.5, 0.6) is 0 Å². The van der Waals surface area contributed by atoms with Crippen LogP contribution in [-0.4, -0.2) is 63.4 Å². The molecule has 2 aliphatic heterocycles. The van der Waals surface area contributed by atoms with Gasteiger partial charge in [-0.25, -0.2) is 0 Å². The van der Waals surface area contributed by atoms with Crippen LogP contribution in [-0.2, 0) is 13.0 Å². The number of nitrogens with one attached hydrogen (secondary N) is 2. The first-order chi connectivity index (χ1) is 12.8. The zero-order chi connectivity index (χ0) is 19.4. The van der Waals surface area contributed by atoms with Gasteiger partial charge in [-0.1, -0.05) is 12.1 Å². The Morgan fingerprint density at radius 3 is 2.79 bits per heavy atom. The summed E-state index contributed by atoms with van der Waals surface area (Å²) < 4.78 is 37.5. The average molecular weight is 511 g/mol. The number of alkyl halides is 3. The van der Waals surface area contributed by atoms with Crippen LogP contribution in [0.3, 0.4) is 0 Å². The van der Waals surface area contributed by atoms with Crippen molar-refractivity contribution in [1.82, 2.24) is 15.5 Å². The van der Waals surface area contributed by atoms with E-state index in [2.05, 4.69) is 45.8 Å². The summed E-state index contributed by atoms with van der Waals surface area (Å²) in [5.41, 5.74) is 3.84. The number of hydrogen-bond acceptors (Lipinski definition) is 3. The van der Waals surface area contributed by atoms with E-state index in [1.165, 1.54) is 28.1 Å². The number of rotatable bonds is 4. The first-order valence-corrected chi connectivity index (χ1v) is 9.43. The predicted octanol–water partition coefficient (Wildman–Crippen LogP) is 2.99. The van der Waals surface area contributed by atoms with Crippen LogP contribution in [0, 0.1) is 0 Å². The lowest BCUT2D eigenvalue weighted by molar-refractivity contribution is -0.143. The number of aryl methyl sites for hydroxylation is 1. The number of fused-ring (bicyclic) bond motifs is 1. The average Bonchev–Trinajstić information content (AvgIpc) is 3.03. The summed E-state index contributed by atoms with van der Waals surface area (Å²) in [6.07, 6.45) is -1.20. The van der Waals surface area contributed by atoms with Crippen molar-refractivity contribution in [3.63, 3.8) is 0 Å². The Bertz CT molecular complexity index is 680. The van der Waals surface area contributed by atoms with E-state index in [0.29, 0.717) is 32.0 Å². The standard InChI is InChI=1S/C19H28F3N5.HI/c1-23-18(25-16-7-9-27(12-16)13-19(20,21)22)24-11-14-5-6-17-15(10-14)4-3-8-26(17)2;/h5-6,10,16H,3-4,7-9,11-13H2,1-2H3,(H2,23,24,25);1H. The van der Waals surface area contributed by atoms with Crippen molar-refractivity contribution in [2.24, 2.45) is 4.99 Å². The number of likely N-dealkylation sites (tertiary alicyclic amines) is 1. The third-order valence-corrected chi connectivity index (χ3v) is 5.19. The summed E-state index contributed by atoms with van der Waals surface area (Å²) in [7, 11) is 3.80. The van der Waals surface area contributed by atoms with Gasteiger partial charge >= 0.3 is 6.18 Å². The Morgan fingerprint density at radius 2 is 2.07 bits per heavy atom. The number of benzene rings is 1. The van der Waals surface area contributed by atoms with Gasteiger partial charge < -0.3 is 15.5 Å². The Kier molecular flexibility index (Phi) is 8.23. The summed E-state index contributed by atoms with van der Waals surface area (Å²) >= 11 is 0. The second-order valence-electron chi connectivity index (χ2n) is 7.39. The summed E-state index contributed by atoms with van der Waals surface area (Å²) in [4.78, 5) is 7.93. The van der Waals surface area contributed by atoms with Gasteiger partial charge in [-0.3, -0.25) is 9.89 Å². The van der Waals surface area contributed by atoms with Gasteiger partial charge in [0.25, 0.3) is 0 Å². The van der Waals surface area contributed by atoms with Crippen LogP contribution in [0.1, 0.15) is 24.0 Å². The maximum atomic E-state index is 12.5. The molecule has 158 valence electrons. The Labute approximate surface area is 181 Å². The van der Waals surface area contributed by atoms with E-state index in [-0.39, 0.29) is 30.0 Å². The number of anilines is 1. The minimum absolute atomic E-state index is 0. The quantitative estimate of drug-likeness (QED) is 0.371. The summed E-state index contributed by atoms with van der Waals surface area (Å²) in [6.45, 7) is 1.71. The molecule has 1 aromatic rings. The third kappa shape index (κ3) is 6.40. The third-order valence-electron chi connectivity index (χ3n) is 5.19. The Hall–Kier alpha value is -1.23. The van der Waals surface area contributed by atoms with Crippen molar-refractivity contribution in [1.29, 1.82) is 0 Å². The van der Waals surface area contributed by atoms with Crippen LogP contribution in [0.15, 0.2) is 23.2 Å². The van der Waals surface area contributed by atoms with Crippen LogP contribution >= 0.6 is 24.0 Å². The van der Waals surface area contributed by atoms with Crippen LogP contribution in [0.25, 0.3) is 0 Å². The Morgan fingerprint density at radius 1 is 1.29 bits per heavy atom. The molecule has 0 saturated carbocycles. The highest BCUT2D eigenvalue weighted by atomic mass is 127. The fourth-order valence-corrected chi connectivity index (χ4v) is 3.87. The van der Waals surface area contributed by atoms with Gasteiger partial charge in [-0.05, 0) is 36.5 Å². The molecule has 2 N–H and O–H groups in total. The fraction of sp³-hybridized carbons (Fsp3) is 0.632. The lowest BCUT2D eigenvalue weighted by atomic mass is 9.99. The lowest BCUT2D eigenvalue weighted by Crippen LogP contribution is -2.44. The fourth-order valence-electron chi connectivity index (χ4n) is 3.87. The lowest BCUT2D eigenvalue weighted by Gasteiger charge is -2.28. The van der Waals surface area contributed by atoms with Gasteiger partial charge in [0.05, 0.1) is 6.54 Å². The van der Waals surface area contributed by atoms with Gasteiger partial charge in [-0.2, -0.15) is 13.2 Å². The molecule has 0 bridgehead atoms. The molecular formula is C19H29F3IN5. The number of nitrogens with zero attached hydrogens (tertiary/aromatic N) is 3. The normalized spacial score (nSPS) is 20.5. The smallest absolute Gasteiger partial charge is 0.374 e. The number of aliphatic imine (C=N–C) groups is 1. The summed E-state index contributed by atoms with van der Waals surface area (Å²) in [5.74, 6) is 0.628. The molecule has 5 nitrogen and oxygen atoms in total. The van der Waals surface area contributed by atoms with Crippen LogP contribution in [0.2, 0.25) is 0 Å². The molecule has 1 aromatic carbocycles. The number of halogens is 4. The molecule has 28 heavy (non-hydrogen) atoms. The topological polar surface area (TPSA) is 42.9 Å². The van der Waals surface area contributed by atoms with Crippen molar-refractivity contribution >= 4 is 35.6 Å². The Balaban J connectivity index is 0.00000280. The molecule has 1 fully saturated rings. The van der Waals surface area contributed by atoms with E-state index in [1.807, 2.05) is 0 Å². The monoisotopic (exact) mass is 511 g/mol. The van der Waals surface area contributed by atoms with Crippen molar-refractivity contribution in [2.45, 2.75) is 38.0 Å². The van der Waals surface area contributed by atoms with E-state index in [1.54, 1.807) is 7.05 Å². The molecule has 1 atom stereocenters. The zero-order valence-corrected chi connectivity index (χ0v) is 18.7. The molecule has 0 aliphatic carbocycles. The molecule has 3 rings (SSSR count). The van der Waals surface area contributed by atoms with Crippen molar-refractivity contribution < 1.29 is 13.2 Å². The molecular weight excluding hydrogens is 482 g/mol. The highest BCUT2D eigenvalue weighted by Crippen LogP contribution is 2.26. The van der Waals surface area contributed by atoms with Crippen molar-refractivity contribution in [3.05, 3.63) is 29.3 Å². The predicted molar refractivity (Wildman–Crippen MR) is 118 cm³/mol. The molecule has 1 saturated heterocycles. The number of hydrogen-bond donors (Lipinski definition) is 2. The molecule has 0 spiro atoms. The van der Waals surface area contributed by atoms with Gasteiger partial charge in [0.2, 0.25) is 0 Å².